The number of amides is 1. The van der Waals surface area contributed by atoms with Crippen LogP contribution in [-0.2, 0) is 9.53 Å². The summed E-state index contributed by atoms with van der Waals surface area (Å²) in [7, 11) is 3.53. The molecule has 2 rings (SSSR count). The second-order valence-electron chi connectivity index (χ2n) is 7.13. The van der Waals surface area contributed by atoms with Crippen molar-refractivity contribution in [3.8, 4) is 0 Å². The van der Waals surface area contributed by atoms with E-state index in [1.807, 2.05) is 18.7 Å². The Balaban J connectivity index is 0.00000420. The number of hydrogen-bond donors (Lipinski definition) is 1. The molecule has 1 aromatic rings. The number of likely N-dealkylation sites (tertiary alicyclic amines) is 1. The number of nitrogens with one attached hydrogen (secondary N) is 1. The number of likely N-dealkylation sites (N-methyl/N-ethyl adjacent to an activating group) is 1. The molecule has 1 amide bonds. The summed E-state index contributed by atoms with van der Waals surface area (Å²) >= 11 is 1.92. The van der Waals surface area contributed by atoms with Gasteiger partial charge in [-0.3, -0.25) is 4.79 Å². The van der Waals surface area contributed by atoms with Crippen molar-refractivity contribution in [2.75, 3.05) is 59.2 Å². The Labute approximate surface area is 196 Å². The number of rotatable bonds is 10. The van der Waals surface area contributed by atoms with Crippen molar-refractivity contribution in [3.05, 3.63) is 30.3 Å². The van der Waals surface area contributed by atoms with Gasteiger partial charge in [-0.05, 0) is 37.8 Å². The monoisotopic (exact) mass is 534 g/mol. The van der Waals surface area contributed by atoms with Crippen LogP contribution in [0.15, 0.2) is 40.2 Å². The van der Waals surface area contributed by atoms with Crippen LogP contribution in [0.1, 0.15) is 19.8 Å². The van der Waals surface area contributed by atoms with Gasteiger partial charge in [0.25, 0.3) is 0 Å². The number of guanidine groups is 1. The molecule has 1 N–H and O–H groups in total. The van der Waals surface area contributed by atoms with E-state index in [-0.39, 0.29) is 36.4 Å². The van der Waals surface area contributed by atoms with Gasteiger partial charge in [-0.2, -0.15) is 0 Å². The van der Waals surface area contributed by atoms with Gasteiger partial charge >= 0.3 is 0 Å². The molecule has 1 aliphatic rings. The third-order valence-corrected chi connectivity index (χ3v) is 5.87. The lowest BCUT2D eigenvalue weighted by Gasteiger charge is -2.22. The van der Waals surface area contributed by atoms with E-state index in [0.29, 0.717) is 5.92 Å². The van der Waals surface area contributed by atoms with Crippen LogP contribution in [0.3, 0.4) is 0 Å². The number of ether oxygens (including phenoxy) is 1. The molecular formula is C21H35IN4O2S. The van der Waals surface area contributed by atoms with Crippen LogP contribution >= 0.6 is 35.7 Å². The molecule has 1 fully saturated rings. The second-order valence-corrected chi connectivity index (χ2v) is 8.22. The minimum atomic E-state index is 0. The molecule has 1 aliphatic heterocycles. The van der Waals surface area contributed by atoms with Gasteiger partial charge in [0.15, 0.2) is 5.96 Å². The van der Waals surface area contributed by atoms with E-state index in [1.165, 1.54) is 4.90 Å². The Kier molecular flexibility index (Phi) is 13.4. The molecule has 164 valence electrons. The number of carbonyl (C=O) groups excluding carboxylic acids is 1. The number of thioether (sulfide) groups is 1. The van der Waals surface area contributed by atoms with Gasteiger partial charge in [0, 0.05) is 57.6 Å². The van der Waals surface area contributed by atoms with Gasteiger partial charge in [0.1, 0.15) is 6.54 Å². The fourth-order valence-electron chi connectivity index (χ4n) is 2.96. The number of aliphatic imine (C=N–C) groups is 1. The highest BCUT2D eigenvalue weighted by molar-refractivity contribution is 14.0. The highest BCUT2D eigenvalue weighted by atomic mass is 127. The fourth-order valence-corrected chi connectivity index (χ4v) is 4.01. The first-order chi connectivity index (χ1) is 13.6. The molecule has 0 radical (unpaired) electrons. The molecule has 1 aromatic carbocycles. The van der Waals surface area contributed by atoms with Crippen molar-refractivity contribution in [2.45, 2.75) is 24.7 Å². The zero-order valence-corrected chi connectivity index (χ0v) is 20.9. The first-order valence-electron chi connectivity index (χ1n) is 10.1. The molecule has 8 heteroatoms. The normalized spacial score (nSPS) is 16.4. The van der Waals surface area contributed by atoms with Gasteiger partial charge in [-0.25, -0.2) is 4.99 Å². The second kappa shape index (κ2) is 14.9. The van der Waals surface area contributed by atoms with Crippen LogP contribution < -0.4 is 5.32 Å². The van der Waals surface area contributed by atoms with Crippen LogP contribution in [0.5, 0.6) is 0 Å². The zero-order valence-electron chi connectivity index (χ0n) is 17.8. The summed E-state index contributed by atoms with van der Waals surface area (Å²) < 4.78 is 5.40. The summed E-state index contributed by atoms with van der Waals surface area (Å²) in [6.07, 6.45) is 2.08. The molecule has 0 spiro atoms. The van der Waals surface area contributed by atoms with Crippen LogP contribution in [0, 0.1) is 5.92 Å². The maximum atomic E-state index is 12.0. The third-order valence-electron chi connectivity index (χ3n) is 4.63. The zero-order chi connectivity index (χ0) is 20.2. The molecule has 1 unspecified atom stereocenters. The van der Waals surface area contributed by atoms with E-state index >= 15 is 0 Å². The summed E-state index contributed by atoms with van der Waals surface area (Å²) in [6, 6.07) is 10.6. The molecule has 0 aliphatic carbocycles. The van der Waals surface area contributed by atoms with Crippen LogP contribution in [0.2, 0.25) is 0 Å². The summed E-state index contributed by atoms with van der Waals surface area (Å²) in [6.45, 7) is 6.43. The predicted molar refractivity (Wildman–Crippen MR) is 132 cm³/mol. The summed E-state index contributed by atoms with van der Waals surface area (Å²) in [5, 5.41) is 3.43. The summed E-state index contributed by atoms with van der Waals surface area (Å²) in [5.74, 6) is 2.60. The molecular weight excluding hydrogens is 499 g/mol. The van der Waals surface area contributed by atoms with Crippen molar-refractivity contribution in [1.29, 1.82) is 0 Å². The lowest BCUT2D eigenvalue weighted by molar-refractivity contribution is -0.127. The van der Waals surface area contributed by atoms with Gasteiger partial charge in [-0.1, -0.05) is 18.2 Å². The topological polar surface area (TPSA) is 57.2 Å². The molecule has 6 nitrogen and oxygen atoms in total. The minimum absolute atomic E-state index is 0. The predicted octanol–water partition coefficient (Wildman–Crippen LogP) is 3.18. The average molecular weight is 535 g/mol. The minimum Gasteiger partial charge on any atom is -0.382 e. The quantitative estimate of drug-likeness (QED) is 0.164. The van der Waals surface area contributed by atoms with E-state index in [0.717, 1.165) is 57.4 Å². The summed E-state index contributed by atoms with van der Waals surface area (Å²) in [5.41, 5.74) is 0. The van der Waals surface area contributed by atoms with E-state index in [9.17, 15) is 4.79 Å². The van der Waals surface area contributed by atoms with E-state index < -0.39 is 0 Å². The Morgan fingerprint density at radius 1 is 1.34 bits per heavy atom. The SMILES string of the molecule is CCOCCCNC(=NCC(=O)N(C)C)N1CCC(CSc2ccccc2)C1.I. The lowest BCUT2D eigenvalue weighted by atomic mass is 10.2. The van der Waals surface area contributed by atoms with Crippen molar-refractivity contribution in [3.63, 3.8) is 0 Å². The first kappa shape index (κ1) is 26.0. The first-order valence-corrected chi connectivity index (χ1v) is 11.1. The number of halogens is 1. The molecule has 0 aromatic heterocycles. The van der Waals surface area contributed by atoms with E-state index in [4.69, 9.17) is 4.74 Å². The largest absolute Gasteiger partial charge is 0.382 e. The molecule has 1 atom stereocenters. The Hall–Kier alpha value is -1.000. The molecule has 0 bridgehead atoms. The Morgan fingerprint density at radius 3 is 2.79 bits per heavy atom. The molecule has 0 saturated carbocycles. The van der Waals surface area contributed by atoms with Crippen molar-refractivity contribution in [2.24, 2.45) is 10.9 Å². The van der Waals surface area contributed by atoms with Gasteiger partial charge in [0.05, 0.1) is 0 Å². The highest BCUT2D eigenvalue weighted by Crippen LogP contribution is 2.25. The average Bonchev–Trinajstić information content (AvgIpc) is 3.17. The maximum Gasteiger partial charge on any atom is 0.243 e. The van der Waals surface area contributed by atoms with Gasteiger partial charge < -0.3 is 19.9 Å². The van der Waals surface area contributed by atoms with Crippen LogP contribution in [0.4, 0.5) is 0 Å². The number of nitrogens with zero attached hydrogens (tertiary/aromatic N) is 3. The van der Waals surface area contributed by atoms with Crippen LogP contribution in [-0.4, -0.2) is 80.9 Å². The summed E-state index contributed by atoms with van der Waals surface area (Å²) in [4.78, 5) is 21.7. The Morgan fingerprint density at radius 2 is 2.10 bits per heavy atom. The highest BCUT2D eigenvalue weighted by Gasteiger charge is 2.25. The van der Waals surface area contributed by atoms with Crippen molar-refractivity contribution >= 4 is 47.6 Å². The fraction of sp³-hybridized carbons (Fsp3) is 0.619. The van der Waals surface area contributed by atoms with Gasteiger partial charge in [-0.15, -0.1) is 35.7 Å². The smallest absolute Gasteiger partial charge is 0.243 e. The van der Waals surface area contributed by atoms with Crippen LogP contribution in [0.25, 0.3) is 0 Å². The number of carbonyl (C=O) groups is 1. The lowest BCUT2D eigenvalue weighted by Crippen LogP contribution is -2.41. The van der Waals surface area contributed by atoms with Gasteiger partial charge in [0.2, 0.25) is 5.91 Å². The number of benzene rings is 1. The third kappa shape index (κ3) is 10.0. The van der Waals surface area contributed by atoms with Crippen molar-refractivity contribution < 1.29 is 9.53 Å². The molecule has 1 saturated heterocycles. The standard InChI is InChI=1S/C21H34N4O2S.HI/c1-4-27-14-8-12-22-21(23-15-20(26)24(2)3)25-13-11-18(16-25)17-28-19-9-6-5-7-10-19;/h5-7,9-10,18H,4,8,11-17H2,1-3H3,(H,22,23);1H. The Bertz CT molecular complexity index is 616. The van der Waals surface area contributed by atoms with E-state index in [2.05, 4.69) is 45.5 Å². The molecule has 29 heavy (non-hydrogen) atoms. The number of hydrogen-bond acceptors (Lipinski definition) is 4. The maximum absolute atomic E-state index is 12.0. The molecule has 1 heterocycles. The van der Waals surface area contributed by atoms with Crippen molar-refractivity contribution in [1.82, 2.24) is 15.1 Å². The van der Waals surface area contributed by atoms with E-state index in [1.54, 1.807) is 19.0 Å².